The molecule has 0 radical (unpaired) electrons. The average Bonchev–Trinajstić information content (AvgIpc) is 2.87. The van der Waals surface area contributed by atoms with Crippen molar-refractivity contribution >= 4 is 11.3 Å². The minimum Gasteiger partial charge on any atom is -0.305 e. The number of benzene rings is 1. The second-order valence-corrected chi connectivity index (χ2v) is 5.26. The maximum Gasteiger partial charge on any atom is 0.0897 e. The molecule has 3 rings (SSSR count). The quantitative estimate of drug-likeness (QED) is 0.858. The molecular formula is C13H14N2S. The largest absolute Gasteiger partial charge is 0.305 e. The van der Waals surface area contributed by atoms with Crippen LogP contribution < -0.4 is 5.32 Å². The van der Waals surface area contributed by atoms with Gasteiger partial charge in [0.15, 0.2) is 0 Å². The third kappa shape index (κ3) is 1.77. The Morgan fingerprint density at radius 3 is 3.12 bits per heavy atom. The van der Waals surface area contributed by atoms with Gasteiger partial charge >= 0.3 is 0 Å². The maximum absolute atomic E-state index is 4.53. The first-order chi connectivity index (χ1) is 7.83. The summed E-state index contributed by atoms with van der Waals surface area (Å²) in [5.41, 5.74) is 4.07. The minimum absolute atomic E-state index is 0.442. The smallest absolute Gasteiger partial charge is 0.0897 e. The van der Waals surface area contributed by atoms with Crippen LogP contribution in [0.3, 0.4) is 0 Å². The van der Waals surface area contributed by atoms with E-state index in [-0.39, 0.29) is 0 Å². The molecule has 2 nitrogen and oxygen atoms in total. The molecule has 1 atom stereocenters. The lowest BCUT2D eigenvalue weighted by Crippen LogP contribution is -2.14. The molecular weight excluding hydrogens is 216 g/mol. The Hall–Kier alpha value is -1.19. The van der Waals surface area contributed by atoms with Gasteiger partial charge in [0.1, 0.15) is 0 Å². The van der Waals surface area contributed by atoms with Crippen LogP contribution in [-0.4, -0.2) is 4.98 Å². The third-order valence-corrected chi connectivity index (χ3v) is 3.87. The van der Waals surface area contributed by atoms with Crippen LogP contribution in [0.4, 0.5) is 0 Å². The van der Waals surface area contributed by atoms with E-state index in [1.807, 2.05) is 0 Å². The van der Waals surface area contributed by atoms with Crippen molar-refractivity contribution in [2.75, 3.05) is 0 Å². The summed E-state index contributed by atoms with van der Waals surface area (Å²) in [6.45, 7) is 3.05. The lowest BCUT2D eigenvalue weighted by Gasteiger charge is -2.09. The summed E-state index contributed by atoms with van der Waals surface area (Å²) in [6, 6.07) is 9.09. The summed E-state index contributed by atoms with van der Waals surface area (Å²) in [4.78, 5) is 4.53. The Bertz CT molecular complexity index is 504. The van der Waals surface area contributed by atoms with E-state index in [2.05, 4.69) is 46.9 Å². The molecule has 82 valence electrons. The first-order valence-corrected chi connectivity index (χ1v) is 6.43. The first kappa shape index (κ1) is 10.00. The summed E-state index contributed by atoms with van der Waals surface area (Å²) in [6.07, 6.45) is 1.00. The lowest BCUT2D eigenvalue weighted by atomic mass is 10.0. The van der Waals surface area contributed by atoms with Crippen LogP contribution in [0.5, 0.6) is 0 Å². The predicted molar refractivity (Wildman–Crippen MR) is 66.6 cm³/mol. The van der Waals surface area contributed by atoms with Crippen molar-refractivity contribution in [2.45, 2.75) is 25.9 Å². The summed E-state index contributed by atoms with van der Waals surface area (Å²) in [5.74, 6) is 0. The van der Waals surface area contributed by atoms with Crippen molar-refractivity contribution in [1.82, 2.24) is 10.3 Å². The van der Waals surface area contributed by atoms with Gasteiger partial charge < -0.3 is 5.32 Å². The maximum atomic E-state index is 4.53. The predicted octanol–water partition coefficient (Wildman–Crippen LogP) is 2.84. The zero-order valence-corrected chi connectivity index (χ0v) is 10.1. The fourth-order valence-electron chi connectivity index (χ4n) is 2.27. The van der Waals surface area contributed by atoms with Crippen LogP contribution in [0.2, 0.25) is 0 Å². The molecule has 1 unspecified atom stereocenters. The Labute approximate surface area is 99.4 Å². The van der Waals surface area contributed by atoms with E-state index in [9.17, 15) is 0 Å². The molecule has 0 spiro atoms. The number of hydrogen-bond acceptors (Lipinski definition) is 3. The van der Waals surface area contributed by atoms with Gasteiger partial charge in [0.05, 0.1) is 10.7 Å². The first-order valence-electron chi connectivity index (χ1n) is 5.55. The average molecular weight is 230 g/mol. The topological polar surface area (TPSA) is 24.9 Å². The van der Waals surface area contributed by atoms with Crippen LogP contribution >= 0.6 is 11.3 Å². The fraction of sp³-hybridized carbons (Fsp3) is 0.308. The highest BCUT2D eigenvalue weighted by Gasteiger charge is 2.21. The van der Waals surface area contributed by atoms with Crippen LogP contribution in [0.1, 0.15) is 27.9 Å². The normalized spacial score (nSPS) is 18.7. The monoisotopic (exact) mass is 230 g/mol. The van der Waals surface area contributed by atoms with Gasteiger partial charge in [0.25, 0.3) is 0 Å². The highest BCUT2D eigenvalue weighted by Crippen LogP contribution is 2.28. The molecule has 2 heterocycles. The molecule has 0 bridgehead atoms. The van der Waals surface area contributed by atoms with E-state index in [0.717, 1.165) is 18.0 Å². The van der Waals surface area contributed by atoms with Gasteiger partial charge in [-0.25, -0.2) is 4.98 Å². The molecule has 1 aromatic carbocycles. The number of aromatic nitrogens is 1. The number of nitrogens with one attached hydrogen (secondary N) is 1. The van der Waals surface area contributed by atoms with E-state index in [1.54, 1.807) is 11.3 Å². The molecule has 1 N–H and O–H groups in total. The highest BCUT2D eigenvalue weighted by atomic mass is 32.1. The molecule has 2 aromatic rings. The van der Waals surface area contributed by atoms with E-state index in [4.69, 9.17) is 0 Å². The van der Waals surface area contributed by atoms with Gasteiger partial charge in [0.2, 0.25) is 0 Å². The molecule has 16 heavy (non-hydrogen) atoms. The van der Waals surface area contributed by atoms with Gasteiger partial charge in [-0.3, -0.25) is 0 Å². The highest BCUT2D eigenvalue weighted by molar-refractivity contribution is 7.09. The number of aryl methyl sites for hydroxylation is 1. The van der Waals surface area contributed by atoms with Gasteiger partial charge in [-0.05, 0) is 18.1 Å². The van der Waals surface area contributed by atoms with Gasteiger partial charge in [-0.2, -0.15) is 0 Å². The zero-order valence-electron chi connectivity index (χ0n) is 9.23. The van der Waals surface area contributed by atoms with Crippen molar-refractivity contribution in [3.8, 4) is 0 Å². The molecule has 0 fully saturated rings. The number of rotatable bonds is 2. The molecule has 3 heteroatoms. The van der Waals surface area contributed by atoms with Crippen LogP contribution in [0.25, 0.3) is 0 Å². The zero-order chi connectivity index (χ0) is 11.0. The van der Waals surface area contributed by atoms with E-state index >= 15 is 0 Å². The molecule has 1 aromatic heterocycles. The molecule has 0 amide bonds. The SMILES string of the molecule is Cc1nc(CC2NCc3ccccc32)cs1. The van der Waals surface area contributed by atoms with Crippen LogP contribution in [0, 0.1) is 6.92 Å². The Morgan fingerprint density at radius 1 is 1.44 bits per heavy atom. The number of nitrogens with zero attached hydrogens (tertiary/aromatic N) is 1. The number of fused-ring (bicyclic) bond motifs is 1. The number of hydrogen-bond donors (Lipinski definition) is 1. The van der Waals surface area contributed by atoms with Crippen molar-refractivity contribution < 1.29 is 0 Å². The lowest BCUT2D eigenvalue weighted by molar-refractivity contribution is 0.575. The molecule has 0 saturated carbocycles. The summed E-state index contributed by atoms with van der Waals surface area (Å²) in [7, 11) is 0. The summed E-state index contributed by atoms with van der Waals surface area (Å²) >= 11 is 1.73. The van der Waals surface area contributed by atoms with Crippen LogP contribution in [-0.2, 0) is 13.0 Å². The molecule has 0 aliphatic carbocycles. The molecule has 1 aliphatic heterocycles. The minimum atomic E-state index is 0.442. The number of thiazole rings is 1. The van der Waals surface area contributed by atoms with Gasteiger partial charge in [-0.15, -0.1) is 11.3 Å². The Morgan fingerprint density at radius 2 is 2.31 bits per heavy atom. The molecule has 1 aliphatic rings. The van der Waals surface area contributed by atoms with Crippen molar-refractivity contribution in [2.24, 2.45) is 0 Å². The van der Waals surface area contributed by atoms with E-state index in [0.29, 0.717) is 6.04 Å². The van der Waals surface area contributed by atoms with Crippen LogP contribution in [0.15, 0.2) is 29.6 Å². The Balaban J connectivity index is 1.83. The third-order valence-electron chi connectivity index (χ3n) is 3.05. The second kappa shape index (κ2) is 4.00. The van der Waals surface area contributed by atoms with Crippen molar-refractivity contribution in [3.63, 3.8) is 0 Å². The molecule has 0 saturated heterocycles. The second-order valence-electron chi connectivity index (χ2n) is 4.19. The van der Waals surface area contributed by atoms with E-state index < -0.39 is 0 Å². The fourth-order valence-corrected chi connectivity index (χ4v) is 2.90. The standard InChI is InChI=1S/C13H14N2S/c1-9-15-11(8-16-9)6-13-12-5-3-2-4-10(12)7-14-13/h2-5,8,13-14H,6-7H2,1H3. The van der Waals surface area contributed by atoms with Gasteiger partial charge in [-0.1, -0.05) is 24.3 Å². The summed E-state index contributed by atoms with van der Waals surface area (Å²) in [5, 5.41) is 6.86. The van der Waals surface area contributed by atoms with Crippen molar-refractivity contribution in [3.05, 3.63) is 51.5 Å². The van der Waals surface area contributed by atoms with Crippen molar-refractivity contribution in [1.29, 1.82) is 0 Å². The van der Waals surface area contributed by atoms with Gasteiger partial charge in [0, 0.05) is 24.4 Å². The van der Waals surface area contributed by atoms with E-state index in [1.165, 1.54) is 16.8 Å². The Kier molecular flexibility index (Phi) is 2.50. The summed E-state index contributed by atoms with van der Waals surface area (Å²) < 4.78 is 0.